The summed E-state index contributed by atoms with van der Waals surface area (Å²) in [5, 5.41) is 12.8. The van der Waals surface area contributed by atoms with Crippen LogP contribution in [0.25, 0.3) is 11.1 Å². The lowest BCUT2D eigenvalue weighted by Gasteiger charge is -2.15. The zero-order valence-electron chi connectivity index (χ0n) is 18.8. The van der Waals surface area contributed by atoms with Gasteiger partial charge in [0.25, 0.3) is 0 Å². The molecule has 0 heterocycles. The number of hydrogen-bond donors (Lipinski definition) is 4. The van der Waals surface area contributed by atoms with Gasteiger partial charge in [-0.05, 0) is 65.9 Å². The van der Waals surface area contributed by atoms with E-state index in [9.17, 15) is 23.1 Å². The first-order valence-corrected chi connectivity index (χ1v) is 12.7. The Morgan fingerprint density at radius 1 is 0.914 bits per heavy atom. The van der Waals surface area contributed by atoms with Gasteiger partial charge in [-0.15, -0.1) is 0 Å². The summed E-state index contributed by atoms with van der Waals surface area (Å²) in [4.78, 5) is 23.7. The summed E-state index contributed by atoms with van der Waals surface area (Å²) in [7, 11) is -4.06. The summed E-state index contributed by atoms with van der Waals surface area (Å²) in [6, 6.07) is 18.8. The van der Waals surface area contributed by atoms with E-state index in [0.717, 1.165) is 16.7 Å². The number of nitrogens with one attached hydrogen (secondary N) is 2. The maximum atomic E-state index is 12.7. The fraction of sp³-hybridized carbons (Fsp3) is 0.200. The monoisotopic (exact) mass is 515 g/mol. The van der Waals surface area contributed by atoms with Crippen molar-refractivity contribution in [2.45, 2.75) is 30.2 Å². The highest BCUT2D eigenvalue weighted by Crippen LogP contribution is 2.23. The smallest absolute Gasteiger partial charge is 0.321 e. The zero-order valence-corrected chi connectivity index (χ0v) is 20.4. The van der Waals surface area contributed by atoms with E-state index in [1.807, 2.05) is 12.1 Å². The van der Waals surface area contributed by atoms with Gasteiger partial charge in [0.1, 0.15) is 6.04 Å². The molecule has 3 rings (SSSR count). The Bertz CT molecular complexity index is 1260. The lowest BCUT2D eigenvalue weighted by molar-refractivity contribution is -0.139. The van der Waals surface area contributed by atoms with Crippen molar-refractivity contribution in [1.82, 2.24) is 10.0 Å². The molecule has 0 saturated heterocycles. The minimum absolute atomic E-state index is 0.0135. The normalized spacial score (nSPS) is 12.1. The third-order valence-electron chi connectivity index (χ3n) is 5.27. The number of amides is 1. The second kappa shape index (κ2) is 11.8. The molecule has 1 amide bonds. The van der Waals surface area contributed by atoms with Gasteiger partial charge in [-0.1, -0.05) is 48.0 Å². The van der Waals surface area contributed by atoms with Crippen molar-refractivity contribution >= 4 is 39.2 Å². The molecule has 184 valence electrons. The van der Waals surface area contributed by atoms with Crippen LogP contribution in [0, 0.1) is 0 Å². The summed E-state index contributed by atoms with van der Waals surface area (Å²) in [5.41, 5.74) is 8.69. The summed E-state index contributed by atoms with van der Waals surface area (Å²) in [5.74, 6) is -1.51. The predicted octanol–water partition coefficient (Wildman–Crippen LogP) is 3.46. The molecule has 0 aromatic heterocycles. The Morgan fingerprint density at radius 2 is 1.49 bits per heavy atom. The van der Waals surface area contributed by atoms with Crippen LogP contribution in [0.3, 0.4) is 0 Å². The van der Waals surface area contributed by atoms with E-state index < -0.39 is 22.0 Å². The van der Waals surface area contributed by atoms with Crippen LogP contribution in [0.5, 0.6) is 0 Å². The van der Waals surface area contributed by atoms with Crippen LogP contribution in [-0.2, 0) is 26.0 Å². The number of carbonyl (C=O) groups is 2. The van der Waals surface area contributed by atoms with Gasteiger partial charge < -0.3 is 16.2 Å². The van der Waals surface area contributed by atoms with Gasteiger partial charge in [-0.3, -0.25) is 9.59 Å². The zero-order chi connectivity index (χ0) is 25.4. The van der Waals surface area contributed by atoms with Crippen LogP contribution >= 0.6 is 11.6 Å². The predicted molar refractivity (Wildman–Crippen MR) is 135 cm³/mol. The number of carbonyl (C=O) groups excluding carboxylic acids is 1. The number of halogens is 1. The van der Waals surface area contributed by atoms with Crippen LogP contribution < -0.4 is 15.8 Å². The van der Waals surface area contributed by atoms with Crippen molar-refractivity contribution in [1.29, 1.82) is 0 Å². The maximum Gasteiger partial charge on any atom is 0.321 e. The van der Waals surface area contributed by atoms with Gasteiger partial charge >= 0.3 is 5.97 Å². The van der Waals surface area contributed by atoms with E-state index >= 15 is 0 Å². The van der Waals surface area contributed by atoms with E-state index in [0.29, 0.717) is 10.7 Å². The van der Waals surface area contributed by atoms with Crippen molar-refractivity contribution < 1.29 is 23.1 Å². The molecule has 0 aliphatic heterocycles. The van der Waals surface area contributed by atoms with E-state index in [1.54, 1.807) is 48.5 Å². The third-order valence-corrected chi connectivity index (χ3v) is 7.01. The molecule has 0 aliphatic rings. The quantitative estimate of drug-likeness (QED) is 0.228. The number of nitrogens with two attached hydrogens (primary N) is 1. The molecule has 0 aliphatic carbocycles. The fourth-order valence-corrected chi connectivity index (χ4v) is 4.72. The summed E-state index contributed by atoms with van der Waals surface area (Å²) in [6.45, 7) is 0.217. The molecule has 0 fully saturated rings. The molecule has 0 spiro atoms. The van der Waals surface area contributed by atoms with E-state index in [1.165, 1.54) is 12.1 Å². The number of carboxylic acids is 1. The number of nitrogen functional groups attached to an aromatic ring is 1. The Balaban J connectivity index is 1.53. The van der Waals surface area contributed by atoms with Crippen molar-refractivity contribution in [2.24, 2.45) is 0 Å². The Labute approximate surface area is 209 Å². The number of carboxylic acid groups (broad SMARTS) is 1. The lowest BCUT2D eigenvalue weighted by Crippen LogP contribution is -2.41. The van der Waals surface area contributed by atoms with Gasteiger partial charge in [-0.2, -0.15) is 4.72 Å². The molecule has 0 saturated carbocycles. The molecular weight excluding hydrogens is 490 g/mol. The summed E-state index contributed by atoms with van der Waals surface area (Å²) in [6.07, 6.45) is 0.462. The first kappa shape index (κ1) is 26.2. The number of aliphatic carboxylic acids is 1. The highest BCUT2D eigenvalue weighted by molar-refractivity contribution is 7.89. The summed E-state index contributed by atoms with van der Waals surface area (Å²) < 4.78 is 27.7. The average Bonchev–Trinajstić information content (AvgIpc) is 2.83. The van der Waals surface area contributed by atoms with Gasteiger partial charge in [-0.25, -0.2) is 8.42 Å². The van der Waals surface area contributed by atoms with Crippen molar-refractivity contribution in [3.8, 4) is 11.1 Å². The molecule has 35 heavy (non-hydrogen) atoms. The van der Waals surface area contributed by atoms with Gasteiger partial charge in [0, 0.05) is 17.3 Å². The topological polar surface area (TPSA) is 139 Å². The van der Waals surface area contributed by atoms with Crippen molar-refractivity contribution in [3.63, 3.8) is 0 Å². The maximum absolute atomic E-state index is 12.7. The first-order chi connectivity index (χ1) is 16.6. The number of rotatable bonds is 11. The molecule has 8 nitrogen and oxygen atoms in total. The lowest BCUT2D eigenvalue weighted by atomic mass is 10.1. The molecule has 1 atom stereocenters. The molecule has 0 bridgehead atoms. The number of anilines is 1. The number of hydrogen-bond acceptors (Lipinski definition) is 5. The molecule has 5 N–H and O–H groups in total. The van der Waals surface area contributed by atoms with E-state index in [4.69, 9.17) is 17.3 Å². The Kier molecular flexibility index (Phi) is 8.86. The molecule has 10 heteroatoms. The highest BCUT2D eigenvalue weighted by atomic mass is 35.5. The molecular formula is C25H26ClN3O5S. The average molecular weight is 516 g/mol. The van der Waals surface area contributed by atoms with Crippen molar-refractivity contribution in [2.75, 3.05) is 12.3 Å². The minimum Gasteiger partial charge on any atom is -0.480 e. The SMILES string of the molecule is Nc1ccc(CC(=O)NCCCC(NS(=O)(=O)c2ccc(-c3ccc(Cl)cc3)cc2)C(=O)O)cc1. The molecule has 0 radical (unpaired) electrons. The second-order valence-corrected chi connectivity index (χ2v) is 10.1. The minimum atomic E-state index is -4.06. The largest absolute Gasteiger partial charge is 0.480 e. The van der Waals surface area contributed by atoms with Crippen LogP contribution in [0.4, 0.5) is 5.69 Å². The van der Waals surface area contributed by atoms with E-state index in [2.05, 4.69) is 10.0 Å². The van der Waals surface area contributed by atoms with Crippen molar-refractivity contribution in [3.05, 3.63) is 83.4 Å². The third kappa shape index (κ3) is 7.81. The Hall–Kier alpha value is -3.40. The highest BCUT2D eigenvalue weighted by Gasteiger charge is 2.25. The standard InChI is InChI=1S/C25H26ClN3O5S/c26-20-9-5-18(6-10-20)19-7-13-22(14-8-19)35(33,34)29-23(25(31)32)2-1-15-28-24(30)16-17-3-11-21(27)12-4-17/h3-14,23,29H,1-2,15-16,27H2,(H,28,30)(H,31,32). The summed E-state index contributed by atoms with van der Waals surface area (Å²) >= 11 is 5.90. The fourth-order valence-electron chi connectivity index (χ4n) is 3.37. The molecule has 3 aromatic rings. The Morgan fingerprint density at radius 3 is 2.06 bits per heavy atom. The van der Waals surface area contributed by atoms with Crippen LogP contribution in [-0.4, -0.2) is 38.0 Å². The van der Waals surface area contributed by atoms with Crippen LogP contribution in [0.1, 0.15) is 18.4 Å². The van der Waals surface area contributed by atoms with Gasteiger partial charge in [0.2, 0.25) is 15.9 Å². The second-order valence-electron chi connectivity index (χ2n) is 7.95. The van der Waals surface area contributed by atoms with Gasteiger partial charge in [0.15, 0.2) is 0 Å². The van der Waals surface area contributed by atoms with Gasteiger partial charge in [0.05, 0.1) is 11.3 Å². The number of benzene rings is 3. The molecule has 1 unspecified atom stereocenters. The van der Waals surface area contributed by atoms with Crippen LogP contribution in [0.2, 0.25) is 5.02 Å². The molecule has 3 aromatic carbocycles. The van der Waals surface area contributed by atoms with E-state index in [-0.39, 0.29) is 36.6 Å². The van der Waals surface area contributed by atoms with Crippen LogP contribution in [0.15, 0.2) is 77.7 Å². The number of sulfonamides is 1. The first-order valence-electron chi connectivity index (χ1n) is 10.9.